The monoisotopic (exact) mass is 362 g/mol. The van der Waals surface area contributed by atoms with Crippen LogP contribution in [0.15, 0.2) is 18.2 Å². The quantitative estimate of drug-likeness (QED) is 0.478. The van der Waals surface area contributed by atoms with Crippen molar-refractivity contribution in [3.05, 3.63) is 33.9 Å². The highest BCUT2D eigenvalue weighted by atomic mass is 32.1. The minimum atomic E-state index is -4.78. The maximum atomic E-state index is 13.0. The van der Waals surface area contributed by atoms with E-state index in [1.807, 2.05) is 0 Å². The normalized spacial score (nSPS) is 21.2. The maximum Gasteiger partial charge on any atom is 0.423 e. The van der Waals surface area contributed by atoms with Crippen molar-refractivity contribution < 1.29 is 22.8 Å². The van der Waals surface area contributed by atoms with Crippen molar-refractivity contribution >= 4 is 28.6 Å². The first-order valence-electron chi connectivity index (χ1n) is 7.46. The highest BCUT2D eigenvalue weighted by molar-refractivity contribution is 7.80. The third kappa shape index (κ3) is 4.80. The molecule has 1 saturated carbocycles. The van der Waals surface area contributed by atoms with Crippen molar-refractivity contribution in [2.45, 2.75) is 50.9 Å². The topological polar surface area (TPSA) is 64.4 Å². The molecule has 132 valence electrons. The first-order chi connectivity index (χ1) is 11.2. The third-order valence-corrected chi connectivity index (χ3v) is 3.97. The van der Waals surface area contributed by atoms with Crippen molar-refractivity contribution in [3.63, 3.8) is 0 Å². The lowest BCUT2D eigenvalue weighted by Crippen LogP contribution is -2.30. The van der Waals surface area contributed by atoms with Crippen molar-refractivity contribution in [1.29, 1.82) is 0 Å². The van der Waals surface area contributed by atoms with Gasteiger partial charge in [-0.2, -0.15) is 13.2 Å². The molecule has 0 bridgehead atoms. The van der Waals surface area contributed by atoms with Gasteiger partial charge in [-0.3, -0.25) is 10.1 Å². The van der Waals surface area contributed by atoms with Gasteiger partial charge in [0.15, 0.2) is 5.05 Å². The molecule has 1 aliphatic rings. The van der Waals surface area contributed by atoms with E-state index in [0.29, 0.717) is 5.05 Å². The lowest BCUT2D eigenvalue weighted by Gasteiger charge is -2.30. The van der Waals surface area contributed by atoms with E-state index in [0.717, 1.165) is 37.8 Å². The number of hydrogen-bond donors (Lipinski definition) is 1. The fraction of sp³-hybridized carbons (Fsp3) is 0.533. The van der Waals surface area contributed by atoms with Gasteiger partial charge in [0.2, 0.25) is 0 Å². The summed E-state index contributed by atoms with van der Waals surface area (Å²) in [4.78, 5) is 9.73. The van der Waals surface area contributed by atoms with Gasteiger partial charge in [0.25, 0.3) is 5.69 Å². The zero-order valence-electron chi connectivity index (χ0n) is 12.9. The Morgan fingerprint density at radius 3 is 2.46 bits per heavy atom. The summed E-state index contributed by atoms with van der Waals surface area (Å²) in [6.07, 6.45) is -1.77. The van der Waals surface area contributed by atoms with Crippen LogP contribution in [0, 0.1) is 10.1 Å². The van der Waals surface area contributed by atoms with Crippen molar-refractivity contribution in [2.75, 3.05) is 5.32 Å². The predicted octanol–water partition coefficient (Wildman–Crippen LogP) is 4.70. The Morgan fingerprint density at radius 1 is 1.33 bits per heavy atom. The Hall–Kier alpha value is -1.90. The molecule has 2 rings (SSSR count). The second-order valence-electron chi connectivity index (χ2n) is 5.71. The Labute approximate surface area is 142 Å². The average molecular weight is 362 g/mol. The van der Waals surface area contributed by atoms with Crippen molar-refractivity contribution in [1.82, 2.24) is 0 Å². The summed E-state index contributed by atoms with van der Waals surface area (Å²) >= 11 is 4.89. The molecule has 0 heterocycles. The minimum absolute atomic E-state index is 0.00202. The number of ether oxygens (including phenoxy) is 1. The average Bonchev–Trinajstić information content (AvgIpc) is 2.47. The van der Waals surface area contributed by atoms with E-state index in [1.165, 1.54) is 6.07 Å². The maximum absolute atomic E-state index is 13.0. The van der Waals surface area contributed by atoms with Crippen LogP contribution in [0.3, 0.4) is 0 Å². The standard InChI is InChI=1S/C15H17F3N2O3S/c1-9(24)23-12-5-2-10(3-6-12)19-11-4-7-14(20(21)22)13(8-11)15(16,17)18/h4,7-8,10,12,19H,2-3,5-6H2,1H3. The van der Waals surface area contributed by atoms with Crippen molar-refractivity contribution in [2.24, 2.45) is 0 Å². The Bertz CT molecular complexity index is 629. The second kappa shape index (κ2) is 7.33. The van der Waals surface area contributed by atoms with Crippen LogP contribution in [0.5, 0.6) is 0 Å². The predicted molar refractivity (Wildman–Crippen MR) is 87.1 cm³/mol. The number of nitrogens with one attached hydrogen (secondary N) is 1. The van der Waals surface area contributed by atoms with E-state index in [1.54, 1.807) is 6.92 Å². The van der Waals surface area contributed by atoms with Gasteiger partial charge in [-0.1, -0.05) is 0 Å². The highest BCUT2D eigenvalue weighted by Crippen LogP contribution is 2.38. The molecule has 0 spiro atoms. The molecule has 1 aromatic rings. The molecule has 0 aromatic heterocycles. The summed E-state index contributed by atoms with van der Waals surface area (Å²) in [5, 5.41) is 14.3. The number of benzene rings is 1. The lowest BCUT2D eigenvalue weighted by molar-refractivity contribution is -0.388. The Morgan fingerprint density at radius 2 is 1.96 bits per heavy atom. The van der Waals surface area contributed by atoms with Crippen LogP contribution in [0.1, 0.15) is 38.2 Å². The summed E-state index contributed by atoms with van der Waals surface area (Å²) in [6, 6.07) is 2.98. The molecule has 0 aliphatic heterocycles. The minimum Gasteiger partial charge on any atom is -0.484 e. The fourth-order valence-corrected chi connectivity index (χ4v) is 2.94. The van der Waals surface area contributed by atoms with Crippen LogP contribution in [0.2, 0.25) is 0 Å². The first kappa shape index (κ1) is 18.4. The van der Waals surface area contributed by atoms with E-state index >= 15 is 0 Å². The summed E-state index contributed by atoms with van der Waals surface area (Å²) in [6.45, 7) is 1.70. The second-order valence-corrected chi connectivity index (χ2v) is 6.29. The molecule has 9 heteroatoms. The smallest absolute Gasteiger partial charge is 0.423 e. The van der Waals surface area contributed by atoms with E-state index in [4.69, 9.17) is 17.0 Å². The van der Waals surface area contributed by atoms with Gasteiger partial charge in [-0.05, 0) is 50.0 Å². The number of nitro benzene ring substituents is 1. The zero-order valence-corrected chi connectivity index (χ0v) is 13.7. The van der Waals surface area contributed by atoms with E-state index in [-0.39, 0.29) is 17.8 Å². The van der Waals surface area contributed by atoms with Crippen LogP contribution >= 0.6 is 12.2 Å². The zero-order chi connectivity index (χ0) is 17.9. The fourth-order valence-electron chi connectivity index (χ4n) is 2.81. The largest absolute Gasteiger partial charge is 0.484 e. The van der Waals surface area contributed by atoms with Gasteiger partial charge in [0.1, 0.15) is 5.56 Å². The summed E-state index contributed by atoms with van der Waals surface area (Å²) in [5.74, 6) is 0. The van der Waals surface area contributed by atoms with Crippen LogP contribution < -0.4 is 5.32 Å². The molecule has 1 aliphatic carbocycles. The summed E-state index contributed by atoms with van der Waals surface area (Å²) in [7, 11) is 0. The van der Waals surface area contributed by atoms with Gasteiger partial charge in [0, 0.05) is 24.7 Å². The molecule has 5 nitrogen and oxygen atoms in total. The molecule has 24 heavy (non-hydrogen) atoms. The number of alkyl halides is 3. The van der Waals surface area contributed by atoms with Crippen LogP contribution in [0.4, 0.5) is 24.5 Å². The molecule has 0 saturated heterocycles. The van der Waals surface area contributed by atoms with E-state index < -0.39 is 22.4 Å². The van der Waals surface area contributed by atoms with Crippen molar-refractivity contribution in [3.8, 4) is 0 Å². The number of thiocarbonyl (C=S) groups is 1. The van der Waals surface area contributed by atoms with Gasteiger partial charge in [-0.25, -0.2) is 0 Å². The third-order valence-electron chi connectivity index (χ3n) is 3.88. The first-order valence-corrected chi connectivity index (χ1v) is 7.87. The van der Waals surface area contributed by atoms with Gasteiger partial charge >= 0.3 is 6.18 Å². The number of nitrogens with zero attached hydrogens (tertiary/aromatic N) is 1. The van der Waals surface area contributed by atoms with Gasteiger partial charge in [0.05, 0.1) is 11.0 Å². The molecule has 1 fully saturated rings. The molecule has 0 radical (unpaired) electrons. The number of halogens is 3. The van der Waals surface area contributed by atoms with Crippen LogP contribution in [-0.4, -0.2) is 22.1 Å². The molecule has 0 amide bonds. The number of nitro groups is 1. The Balaban J connectivity index is 2.06. The van der Waals surface area contributed by atoms with Crippen LogP contribution in [0.25, 0.3) is 0 Å². The molecular formula is C15H17F3N2O3S. The van der Waals surface area contributed by atoms with Gasteiger partial charge in [-0.15, -0.1) is 0 Å². The molecular weight excluding hydrogens is 345 g/mol. The molecule has 0 unspecified atom stereocenters. The number of anilines is 1. The summed E-state index contributed by atoms with van der Waals surface area (Å²) in [5.41, 5.74) is -1.96. The number of hydrogen-bond acceptors (Lipinski definition) is 5. The van der Waals surface area contributed by atoms with Crippen LogP contribution in [-0.2, 0) is 10.9 Å². The van der Waals surface area contributed by atoms with Gasteiger partial charge < -0.3 is 10.1 Å². The molecule has 0 atom stereocenters. The molecule has 1 aromatic carbocycles. The Kier molecular flexibility index (Phi) is 5.63. The molecule has 1 N–H and O–H groups in total. The lowest BCUT2D eigenvalue weighted by atomic mass is 9.92. The highest BCUT2D eigenvalue weighted by Gasteiger charge is 2.38. The number of rotatable bonds is 4. The van der Waals surface area contributed by atoms with E-state index in [2.05, 4.69) is 5.32 Å². The van der Waals surface area contributed by atoms with E-state index in [9.17, 15) is 23.3 Å². The SMILES string of the molecule is CC(=S)OC1CCC(Nc2ccc([N+](=O)[O-])c(C(F)(F)F)c2)CC1. The summed E-state index contributed by atoms with van der Waals surface area (Å²) < 4.78 is 44.4.